The largest absolute Gasteiger partial charge is 0.327 e. The summed E-state index contributed by atoms with van der Waals surface area (Å²) in [6.45, 7) is 0. The Morgan fingerprint density at radius 2 is 2.18 bits per heavy atom. The molecule has 0 aliphatic heterocycles. The minimum atomic E-state index is -0.165. The van der Waals surface area contributed by atoms with Crippen molar-refractivity contribution in [2.45, 2.75) is 18.4 Å². The lowest BCUT2D eigenvalue weighted by molar-refractivity contribution is 0.625. The maximum absolute atomic E-state index is 12.6. The molecule has 0 heterocycles. The van der Waals surface area contributed by atoms with Crippen molar-refractivity contribution < 1.29 is 4.39 Å². The Hall–Kier alpha value is -0.890. The van der Waals surface area contributed by atoms with E-state index in [-0.39, 0.29) is 11.9 Å². The first-order chi connectivity index (χ1) is 5.27. The van der Waals surface area contributed by atoms with Crippen molar-refractivity contribution in [1.29, 1.82) is 0 Å². The van der Waals surface area contributed by atoms with Crippen molar-refractivity contribution >= 4 is 0 Å². The summed E-state index contributed by atoms with van der Waals surface area (Å²) >= 11 is 0. The standard InChI is InChI=1S/C9H10FN/c10-7-3-1-2-6(4-7)8-5-9(8)11/h1-4,8-9H,5,11H2/t8-,9-/m1/s1. The van der Waals surface area contributed by atoms with Crippen LogP contribution >= 0.6 is 0 Å². The number of rotatable bonds is 1. The summed E-state index contributed by atoms with van der Waals surface area (Å²) in [6, 6.07) is 6.95. The van der Waals surface area contributed by atoms with Gasteiger partial charge in [-0.25, -0.2) is 4.39 Å². The number of hydrogen-bond donors (Lipinski definition) is 1. The van der Waals surface area contributed by atoms with Gasteiger partial charge in [0.15, 0.2) is 0 Å². The zero-order valence-corrected chi connectivity index (χ0v) is 6.13. The van der Waals surface area contributed by atoms with Crippen LogP contribution in [0.3, 0.4) is 0 Å². The minimum Gasteiger partial charge on any atom is -0.327 e. The maximum atomic E-state index is 12.6. The van der Waals surface area contributed by atoms with Crippen molar-refractivity contribution in [3.63, 3.8) is 0 Å². The van der Waals surface area contributed by atoms with Crippen LogP contribution in [0.15, 0.2) is 24.3 Å². The molecule has 0 spiro atoms. The maximum Gasteiger partial charge on any atom is 0.123 e. The van der Waals surface area contributed by atoms with Crippen molar-refractivity contribution in [2.75, 3.05) is 0 Å². The van der Waals surface area contributed by atoms with E-state index in [9.17, 15) is 4.39 Å². The van der Waals surface area contributed by atoms with Crippen LogP contribution in [0, 0.1) is 5.82 Å². The lowest BCUT2D eigenvalue weighted by atomic mass is 10.1. The Morgan fingerprint density at radius 3 is 2.73 bits per heavy atom. The van der Waals surface area contributed by atoms with Crippen molar-refractivity contribution in [3.8, 4) is 0 Å². The smallest absolute Gasteiger partial charge is 0.123 e. The highest BCUT2D eigenvalue weighted by Gasteiger charge is 2.34. The molecular weight excluding hydrogens is 141 g/mol. The fraction of sp³-hybridized carbons (Fsp3) is 0.333. The van der Waals surface area contributed by atoms with E-state index in [1.165, 1.54) is 6.07 Å². The topological polar surface area (TPSA) is 26.0 Å². The Bertz CT molecular complexity index is 272. The zero-order chi connectivity index (χ0) is 7.84. The van der Waals surface area contributed by atoms with Gasteiger partial charge in [-0.15, -0.1) is 0 Å². The Balaban J connectivity index is 2.25. The molecule has 2 heteroatoms. The molecule has 0 unspecified atom stereocenters. The van der Waals surface area contributed by atoms with E-state index in [0.717, 1.165) is 12.0 Å². The predicted molar refractivity (Wildman–Crippen MR) is 41.7 cm³/mol. The van der Waals surface area contributed by atoms with Gasteiger partial charge in [-0.3, -0.25) is 0 Å². The van der Waals surface area contributed by atoms with Crippen LogP contribution in [-0.4, -0.2) is 6.04 Å². The minimum absolute atomic E-state index is 0.165. The average Bonchev–Trinajstić information content (AvgIpc) is 2.67. The van der Waals surface area contributed by atoms with Crippen LogP contribution < -0.4 is 5.73 Å². The molecule has 2 N–H and O–H groups in total. The van der Waals surface area contributed by atoms with Crippen LogP contribution in [0.4, 0.5) is 4.39 Å². The summed E-state index contributed by atoms with van der Waals surface area (Å²) in [5.41, 5.74) is 6.67. The first-order valence-electron chi connectivity index (χ1n) is 3.78. The summed E-state index contributed by atoms with van der Waals surface area (Å²) in [4.78, 5) is 0. The van der Waals surface area contributed by atoms with Gasteiger partial charge in [-0.05, 0) is 24.1 Å². The third-order valence-electron chi connectivity index (χ3n) is 2.12. The quantitative estimate of drug-likeness (QED) is 0.648. The molecule has 11 heavy (non-hydrogen) atoms. The predicted octanol–water partition coefficient (Wildman–Crippen LogP) is 1.64. The Kier molecular flexibility index (Phi) is 1.43. The SMILES string of the molecule is N[C@@H]1C[C@@H]1c1cccc(F)c1. The van der Waals surface area contributed by atoms with Gasteiger partial charge in [-0.2, -0.15) is 0 Å². The molecule has 1 aliphatic carbocycles. The normalized spacial score (nSPS) is 28.5. The van der Waals surface area contributed by atoms with Gasteiger partial charge in [0.25, 0.3) is 0 Å². The number of benzene rings is 1. The molecule has 0 saturated heterocycles. The Morgan fingerprint density at radius 1 is 1.45 bits per heavy atom. The van der Waals surface area contributed by atoms with E-state index in [4.69, 9.17) is 5.73 Å². The summed E-state index contributed by atoms with van der Waals surface area (Å²) < 4.78 is 12.6. The first-order valence-corrected chi connectivity index (χ1v) is 3.78. The van der Waals surface area contributed by atoms with E-state index in [0.29, 0.717) is 5.92 Å². The van der Waals surface area contributed by atoms with Crippen LogP contribution in [-0.2, 0) is 0 Å². The summed E-state index contributed by atoms with van der Waals surface area (Å²) in [5.74, 6) is 0.243. The second-order valence-corrected chi connectivity index (χ2v) is 3.06. The molecule has 1 fully saturated rings. The van der Waals surface area contributed by atoms with E-state index >= 15 is 0 Å². The summed E-state index contributed by atoms with van der Waals surface area (Å²) in [6.07, 6.45) is 1.00. The van der Waals surface area contributed by atoms with E-state index in [1.54, 1.807) is 12.1 Å². The third kappa shape index (κ3) is 1.26. The van der Waals surface area contributed by atoms with E-state index in [1.807, 2.05) is 6.07 Å². The lowest BCUT2D eigenvalue weighted by Crippen LogP contribution is -2.00. The van der Waals surface area contributed by atoms with Gasteiger partial charge in [0.05, 0.1) is 0 Å². The highest BCUT2D eigenvalue weighted by atomic mass is 19.1. The van der Waals surface area contributed by atoms with E-state index in [2.05, 4.69) is 0 Å². The van der Waals surface area contributed by atoms with Gasteiger partial charge in [0.2, 0.25) is 0 Å². The zero-order valence-electron chi connectivity index (χ0n) is 6.13. The molecule has 1 aromatic carbocycles. The lowest BCUT2D eigenvalue weighted by Gasteiger charge is -1.96. The van der Waals surface area contributed by atoms with Crippen LogP contribution in [0.2, 0.25) is 0 Å². The summed E-state index contributed by atoms with van der Waals surface area (Å²) in [5, 5.41) is 0. The number of hydrogen-bond acceptors (Lipinski definition) is 1. The molecule has 0 amide bonds. The fourth-order valence-electron chi connectivity index (χ4n) is 1.34. The number of nitrogens with two attached hydrogens (primary N) is 1. The van der Waals surface area contributed by atoms with Crippen LogP contribution in [0.1, 0.15) is 17.9 Å². The van der Waals surface area contributed by atoms with Gasteiger partial charge in [0.1, 0.15) is 5.82 Å². The van der Waals surface area contributed by atoms with Crippen molar-refractivity contribution in [1.82, 2.24) is 0 Å². The number of halogens is 1. The highest BCUT2D eigenvalue weighted by Crippen LogP contribution is 2.38. The molecule has 1 saturated carbocycles. The molecule has 0 radical (unpaired) electrons. The molecule has 1 nitrogen and oxygen atoms in total. The Labute approximate surface area is 65.0 Å². The van der Waals surface area contributed by atoms with Crippen LogP contribution in [0.25, 0.3) is 0 Å². The first kappa shape index (κ1) is 6.80. The monoisotopic (exact) mass is 151 g/mol. The van der Waals surface area contributed by atoms with Gasteiger partial charge >= 0.3 is 0 Å². The van der Waals surface area contributed by atoms with E-state index < -0.39 is 0 Å². The highest BCUT2D eigenvalue weighted by molar-refractivity contribution is 5.27. The second kappa shape index (κ2) is 2.31. The molecule has 0 aromatic heterocycles. The van der Waals surface area contributed by atoms with Crippen molar-refractivity contribution in [2.24, 2.45) is 5.73 Å². The molecule has 58 valence electrons. The average molecular weight is 151 g/mol. The molecule has 1 aromatic rings. The molecule has 1 aliphatic rings. The fourth-order valence-corrected chi connectivity index (χ4v) is 1.34. The van der Waals surface area contributed by atoms with Crippen molar-refractivity contribution in [3.05, 3.63) is 35.6 Å². The third-order valence-corrected chi connectivity index (χ3v) is 2.12. The van der Waals surface area contributed by atoms with Gasteiger partial charge < -0.3 is 5.73 Å². The summed E-state index contributed by atoms with van der Waals surface area (Å²) in [7, 11) is 0. The second-order valence-electron chi connectivity index (χ2n) is 3.06. The van der Waals surface area contributed by atoms with Crippen LogP contribution in [0.5, 0.6) is 0 Å². The molecular formula is C9H10FN. The molecule has 2 atom stereocenters. The van der Waals surface area contributed by atoms with Gasteiger partial charge in [-0.1, -0.05) is 12.1 Å². The van der Waals surface area contributed by atoms with Gasteiger partial charge in [0, 0.05) is 12.0 Å². The molecule has 0 bridgehead atoms. The molecule has 2 rings (SSSR count).